The fraction of sp³-hybridized carbons (Fsp3) is 0.722. The molecule has 1 fully saturated rings. The SMILES string of the molecule is CCN(CC(=O)O)C1CC(NC(=O)N(C)Cc2cc(C(C)(C)C)n[nH]2)C1. The first kappa shape index (κ1) is 20.2. The summed E-state index contributed by atoms with van der Waals surface area (Å²) in [6.07, 6.45) is 1.58. The molecule has 146 valence electrons. The van der Waals surface area contributed by atoms with Gasteiger partial charge in [0.2, 0.25) is 0 Å². The van der Waals surface area contributed by atoms with Crippen LogP contribution in [0.1, 0.15) is 51.9 Å². The summed E-state index contributed by atoms with van der Waals surface area (Å²) in [5.41, 5.74) is 1.84. The van der Waals surface area contributed by atoms with Gasteiger partial charge in [0.15, 0.2) is 0 Å². The van der Waals surface area contributed by atoms with E-state index in [1.165, 1.54) is 0 Å². The van der Waals surface area contributed by atoms with Crippen molar-refractivity contribution in [2.45, 2.75) is 64.6 Å². The molecule has 8 nitrogen and oxygen atoms in total. The van der Waals surface area contributed by atoms with E-state index < -0.39 is 5.97 Å². The number of urea groups is 1. The molecular formula is C18H31N5O3. The van der Waals surface area contributed by atoms with Crippen molar-refractivity contribution in [3.05, 3.63) is 17.5 Å². The lowest BCUT2D eigenvalue weighted by Crippen LogP contribution is -2.56. The molecule has 0 radical (unpaired) electrons. The molecule has 1 heterocycles. The van der Waals surface area contributed by atoms with Crippen LogP contribution in [0, 0.1) is 0 Å². The number of aromatic nitrogens is 2. The molecule has 1 saturated carbocycles. The molecule has 0 atom stereocenters. The van der Waals surface area contributed by atoms with Crippen molar-refractivity contribution in [3.8, 4) is 0 Å². The van der Waals surface area contributed by atoms with Gasteiger partial charge in [0.1, 0.15) is 0 Å². The summed E-state index contributed by atoms with van der Waals surface area (Å²) >= 11 is 0. The molecule has 0 aliphatic heterocycles. The zero-order valence-corrected chi connectivity index (χ0v) is 16.4. The Morgan fingerprint density at radius 1 is 1.38 bits per heavy atom. The molecule has 1 aliphatic carbocycles. The van der Waals surface area contributed by atoms with E-state index in [1.807, 2.05) is 17.9 Å². The van der Waals surface area contributed by atoms with Gasteiger partial charge in [0, 0.05) is 24.5 Å². The monoisotopic (exact) mass is 365 g/mol. The molecule has 8 heteroatoms. The van der Waals surface area contributed by atoms with Gasteiger partial charge in [-0.15, -0.1) is 0 Å². The first-order valence-electron chi connectivity index (χ1n) is 9.12. The third kappa shape index (κ3) is 5.20. The minimum Gasteiger partial charge on any atom is -0.480 e. The number of rotatable bonds is 7. The summed E-state index contributed by atoms with van der Waals surface area (Å²) in [5.74, 6) is -0.812. The second kappa shape index (κ2) is 8.07. The quantitative estimate of drug-likeness (QED) is 0.684. The summed E-state index contributed by atoms with van der Waals surface area (Å²) in [5, 5.41) is 19.3. The number of nitrogens with one attached hydrogen (secondary N) is 2. The number of likely N-dealkylation sites (N-methyl/N-ethyl adjacent to an activating group) is 1. The molecule has 3 N–H and O–H groups in total. The normalized spacial score (nSPS) is 19.9. The van der Waals surface area contributed by atoms with Crippen LogP contribution in [0.25, 0.3) is 0 Å². The Morgan fingerprint density at radius 3 is 2.54 bits per heavy atom. The molecule has 0 spiro atoms. The zero-order chi connectivity index (χ0) is 19.5. The van der Waals surface area contributed by atoms with Gasteiger partial charge in [-0.3, -0.25) is 14.8 Å². The lowest BCUT2D eigenvalue weighted by molar-refractivity contribution is -0.139. The number of hydrogen-bond acceptors (Lipinski definition) is 4. The Morgan fingerprint density at radius 2 is 2.04 bits per heavy atom. The van der Waals surface area contributed by atoms with Crippen LogP contribution in [-0.2, 0) is 16.8 Å². The molecule has 1 aliphatic rings. The highest BCUT2D eigenvalue weighted by molar-refractivity contribution is 5.74. The van der Waals surface area contributed by atoms with E-state index in [0.717, 1.165) is 24.2 Å². The van der Waals surface area contributed by atoms with Crippen LogP contribution in [0.2, 0.25) is 0 Å². The first-order valence-corrected chi connectivity index (χ1v) is 9.12. The van der Waals surface area contributed by atoms with E-state index in [9.17, 15) is 9.59 Å². The average Bonchev–Trinajstić information content (AvgIpc) is 2.96. The van der Waals surface area contributed by atoms with E-state index >= 15 is 0 Å². The highest BCUT2D eigenvalue weighted by Gasteiger charge is 2.35. The van der Waals surface area contributed by atoms with Crippen LogP contribution in [0.15, 0.2) is 6.07 Å². The summed E-state index contributed by atoms with van der Waals surface area (Å²) in [7, 11) is 1.76. The summed E-state index contributed by atoms with van der Waals surface area (Å²) in [4.78, 5) is 26.8. The number of carboxylic acid groups (broad SMARTS) is 1. The zero-order valence-electron chi connectivity index (χ0n) is 16.4. The predicted octanol–water partition coefficient (Wildman–Crippen LogP) is 1.79. The maximum atomic E-state index is 12.4. The van der Waals surface area contributed by atoms with Gasteiger partial charge >= 0.3 is 12.0 Å². The average molecular weight is 365 g/mol. The molecule has 0 aromatic carbocycles. The molecule has 0 unspecified atom stereocenters. The number of nitrogens with zero attached hydrogens (tertiary/aromatic N) is 3. The molecule has 2 rings (SSSR count). The Kier molecular flexibility index (Phi) is 6.28. The lowest BCUT2D eigenvalue weighted by Gasteiger charge is -2.42. The number of H-pyrrole nitrogens is 1. The van der Waals surface area contributed by atoms with Gasteiger partial charge in [-0.05, 0) is 25.5 Å². The molecular weight excluding hydrogens is 334 g/mol. The largest absolute Gasteiger partial charge is 0.480 e. The van der Waals surface area contributed by atoms with Crippen LogP contribution in [-0.4, -0.2) is 69.3 Å². The number of hydrogen-bond donors (Lipinski definition) is 3. The molecule has 26 heavy (non-hydrogen) atoms. The Hall–Kier alpha value is -2.09. The van der Waals surface area contributed by atoms with Crippen LogP contribution in [0.4, 0.5) is 4.79 Å². The van der Waals surface area contributed by atoms with Crippen LogP contribution < -0.4 is 5.32 Å². The second-order valence-corrected chi connectivity index (χ2v) is 8.11. The number of amides is 2. The number of carbonyl (C=O) groups excluding carboxylic acids is 1. The van der Waals surface area contributed by atoms with Crippen molar-refractivity contribution >= 4 is 12.0 Å². The number of carbonyl (C=O) groups is 2. The Balaban J connectivity index is 1.78. The van der Waals surface area contributed by atoms with E-state index in [4.69, 9.17) is 5.11 Å². The number of aromatic amines is 1. The van der Waals surface area contributed by atoms with E-state index in [0.29, 0.717) is 13.1 Å². The Labute approximate surface area is 154 Å². The summed E-state index contributed by atoms with van der Waals surface area (Å²) < 4.78 is 0. The maximum absolute atomic E-state index is 12.4. The van der Waals surface area contributed by atoms with Crippen LogP contribution in [0.3, 0.4) is 0 Å². The second-order valence-electron chi connectivity index (χ2n) is 8.11. The van der Waals surface area contributed by atoms with Crippen LogP contribution in [0.5, 0.6) is 0 Å². The topological polar surface area (TPSA) is 102 Å². The van der Waals surface area contributed by atoms with E-state index in [-0.39, 0.29) is 30.1 Å². The smallest absolute Gasteiger partial charge is 0.317 e. The summed E-state index contributed by atoms with van der Waals surface area (Å²) in [6, 6.07) is 2.20. The van der Waals surface area contributed by atoms with Crippen molar-refractivity contribution in [2.24, 2.45) is 0 Å². The fourth-order valence-corrected chi connectivity index (χ4v) is 3.12. The third-order valence-corrected chi connectivity index (χ3v) is 4.86. The molecule has 0 saturated heterocycles. The predicted molar refractivity (Wildman–Crippen MR) is 99.0 cm³/mol. The van der Waals surface area contributed by atoms with Crippen molar-refractivity contribution in [3.63, 3.8) is 0 Å². The molecule has 1 aromatic heterocycles. The minimum atomic E-state index is -0.812. The highest BCUT2D eigenvalue weighted by atomic mass is 16.4. The van der Waals surface area contributed by atoms with Crippen molar-refractivity contribution in [2.75, 3.05) is 20.1 Å². The number of carboxylic acids is 1. The van der Waals surface area contributed by atoms with E-state index in [2.05, 4.69) is 36.3 Å². The van der Waals surface area contributed by atoms with Crippen molar-refractivity contribution in [1.29, 1.82) is 0 Å². The van der Waals surface area contributed by atoms with Gasteiger partial charge in [0.05, 0.1) is 24.5 Å². The van der Waals surface area contributed by atoms with Crippen LogP contribution >= 0.6 is 0 Å². The molecule has 0 bridgehead atoms. The third-order valence-electron chi connectivity index (χ3n) is 4.86. The summed E-state index contributed by atoms with van der Waals surface area (Å²) in [6.45, 7) is 9.47. The standard InChI is InChI=1S/C18H31N5O3/c1-6-23(11-16(24)25)14-7-12(8-14)19-17(26)22(5)10-13-9-15(21-20-13)18(2,3)4/h9,12,14H,6-8,10-11H2,1-5H3,(H,19,26)(H,20,21)(H,24,25). The van der Waals surface area contributed by atoms with Gasteiger partial charge in [-0.1, -0.05) is 27.7 Å². The minimum absolute atomic E-state index is 0.0301. The molecule has 2 amide bonds. The Bertz CT molecular complexity index is 631. The fourth-order valence-electron chi connectivity index (χ4n) is 3.12. The van der Waals surface area contributed by atoms with Crippen molar-refractivity contribution in [1.82, 2.24) is 25.3 Å². The first-order chi connectivity index (χ1) is 12.1. The van der Waals surface area contributed by atoms with Gasteiger partial charge in [0.25, 0.3) is 0 Å². The van der Waals surface area contributed by atoms with Gasteiger partial charge < -0.3 is 15.3 Å². The highest BCUT2D eigenvalue weighted by Crippen LogP contribution is 2.26. The number of aliphatic carboxylic acids is 1. The molecule has 1 aromatic rings. The van der Waals surface area contributed by atoms with Gasteiger partial charge in [-0.25, -0.2) is 4.79 Å². The maximum Gasteiger partial charge on any atom is 0.317 e. The lowest BCUT2D eigenvalue weighted by atomic mass is 9.85. The van der Waals surface area contributed by atoms with Crippen molar-refractivity contribution < 1.29 is 14.7 Å². The van der Waals surface area contributed by atoms with E-state index in [1.54, 1.807) is 11.9 Å². The van der Waals surface area contributed by atoms with Gasteiger partial charge in [-0.2, -0.15) is 5.10 Å².